The molecule has 0 spiro atoms. The molecule has 1 aliphatic rings. The first-order valence-corrected chi connectivity index (χ1v) is 11.6. The molecule has 0 radical (unpaired) electrons. The van der Waals surface area contributed by atoms with Crippen LogP contribution in [-0.2, 0) is 12.8 Å². The summed E-state index contributed by atoms with van der Waals surface area (Å²) in [5.74, 6) is 0. The van der Waals surface area contributed by atoms with E-state index in [9.17, 15) is 0 Å². The normalized spacial score (nSPS) is 16.2. The summed E-state index contributed by atoms with van der Waals surface area (Å²) in [6.45, 7) is 9.34. The van der Waals surface area contributed by atoms with E-state index >= 15 is 0 Å². The second-order valence-corrected chi connectivity index (χ2v) is 11.9. The van der Waals surface area contributed by atoms with Gasteiger partial charge in [0.1, 0.15) is 0 Å². The quantitative estimate of drug-likeness (QED) is 0.180. The number of alkyl halides is 1. The van der Waals surface area contributed by atoms with E-state index in [-0.39, 0.29) is 0 Å². The predicted molar refractivity (Wildman–Crippen MR) is 121 cm³/mol. The van der Waals surface area contributed by atoms with Crippen LogP contribution in [-0.4, -0.2) is 3.42 Å². The maximum absolute atomic E-state index is 2.68. The van der Waals surface area contributed by atoms with Gasteiger partial charge in [-0.15, -0.1) is 0 Å². The summed E-state index contributed by atoms with van der Waals surface area (Å²) in [4.78, 5) is 0. The number of rotatable bonds is 11. The van der Waals surface area contributed by atoms with Crippen molar-refractivity contribution in [2.75, 3.05) is 0 Å². The number of unbranched alkanes of at least 4 members (excludes halogenated alkanes) is 4. The van der Waals surface area contributed by atoms with Gasteiger partial charge in [-0.1, -0.05) is 87.2 Å². The van der Waals surface area contributed by atoms with E-state index in [0.29, 0.717) is 8.84 Å². The van der Waals surface area contributed by atoms with E-state index in [1.807, 2.05) is 0 Å². The van der Waals surface area contributed by atoms with Gasteiger partial charge in [-0.05, 0) is 80.4 Å². The van der Waals surface area contributed by atoms with Gasteiger partial charge in [0.25, 0.3) is 0 Å². The first kappa shape index (κ1) is 21.3. The number of aryl methyl sites for hydroxylation is 3. The molecule has 0 heterocycles. The van der Waals surface area contributed by atoms with E-state index in [2.05, 4.69) is 68.5 Å². The van der Waals surface area contributed by atoms with Crippen molar-refractivity contribution in [3.05, 3.63) is 34.9 Å². The predicted octanol–water partition coefficient (Wildman–Crippen LogP) is 8.21. The summed E-state index contributed by atoms with van der Waals surface area (Å²) in [6.07, 6.45) is 16.5. The lowest BCUT2D eigenvalue weighted by Crippen LogP contribution is -2.04. The van der Waals surface area contributed by atoms with Crippen molar-refractivity contribution in [3.63, 3.8) is 0 Å². The van der Waals surface area contributed by atoms with E-state index in [1.54, 1.807) is 11.1 Å². The number of halogens is 1. The fourth-order valence-electron chi connectivity index (χ4n) is 3.63. The maximum Gasteiger partial charge on any atom is 0.0223 e. The molecule has 1 saturated carbocycles. The minimum atomic E-state index is 0.494. The Hall–Kier alpha value is -0.0500. The lowest BCUT2D eigenvalue weighted by molar-refractivity contribution is 0.358. The topological polar surface area (TPSA) is 0 Å². The highest BCUT2D eigenvalue weighted by Gasteiger charge is 2.38. The zero-order chi connectivity index (χ0) is 18.3. The molecule has 0 aliphatic heterocycles. The molecule has 0 atom stereocenters. The van der Waals surface area contributed by atoms with Crippen LogP contribution in [0, 0.1) is 12.3 Å². The zero-order valence-corrected chi connectivity index (χ0v) is 19.3. The molecule has 0 saturated heterocycles. The fraction of sp³-hybridized carbons (Fsp3) is 0.750. The van der Waals surface area contributed by atoms with Crippen LogP contribution >= 0.6 is 22.6 Å². The standard InChI is InChI=1S/C24H39I/c1-20-13-14-21(11-7-5-9-15-23(2,3)4)19-22(20)12-8-6-10-16-24(25)17-18-24/h13-14,19H,5-12,15-18H2,1-4H3. The van der Waals surface area contributed by atoms with Crippen LogP contribution in [0.2, 0.25) is 0 Å². The van der Waals surface area contributed by atoms with Crippen molar-refractivity contribution in [1.82, 2.24) is 0 Å². The molecule has 0 nitrogen and oxygen atoms in total. The smallest absolute Gasteiger partial charge is 0.0223 e. The Bertz CT molecular complexity index is 519. The number of hydrogen-bond acceptors (Lipinski definition) is 0. The molecule has 1 heteroatoms. The minimum absolute atomic E-state index is 0.494. The monoisotopic (exact) mass is 454 g/mol. The minimum Gasteiger partial charge on any atom is -0.0789 e. The van der Waals surface area contributed by atoms with Crippen LogP contribution < -0.4 is 0 Å². The van der Waals surface area contributed by atoms with Crippen molar-refractivity contribution in [2.45, 2.75) is 108 Å². The van der Waals surface area contributed by atoms with Gasteiger partial charge in [-0.3, -0.25) is 0 Å². The van der Waals surface area contributed by atoms with Crippen LogP contribution in [0.15, 0.2) is 18.2 Å². The molecule has 25 heavy (non-hydrogen) atoms. The highest BCUT2D eigenvalue weighted by atomic mass is 127. The average Bonchev–Trinajstić information content (AvgIpc) is 3.26. The van der Waals surface area contributed by atoms with Gasteiger partial charge >= 0.3 is 0 Å². The lowest BCUT2D eigenvalue weighted by Gasteiger charge is -2.17. The van der Waals surface area contributed by atoms with Crippen molar-refractivity contribution in [3.8, 4) is 0 Å². The molecule has 1 aliphatic carbocycles. The molecule has 0 N–H and O–H groups in total. The van der Waals surface area contributed by atoms with Gasteiger partial charge in [0.15, 0.2) is 0 Å². The third kappa shape index (κ3) is 8.93. The van der Waals surface area contributed by atoms with Crippen LogP contribution in [0.25, 0.3) is 0 Å². The second kappa shape index (κ2) is 9.76. The SMILES string of the molecule is Cc1ccc(CCCCCC(C)(C)C)cc1CCCCCC1(I)CC1. The molecule has 0 amide bonds. The zero-order valence-electron chi connectivity index (χ0n) is 17.1. The largest absolute Gasteiger partial charge is 0.0789 e. The third-order valence-electron chi connectivity index (χ3n) is 5.67. The fourth-order valence-corrected chi connectivity index (χ4v) is 4.28. The van der Waals surface area contributed by atoms with E-state index in [0.717, 1.165) is 0 Å². The highest BCUT2D eigenvalue weighted by Crippen LogP contribution is 2.48. The summed E-state index contributed by atoms with van der Waals surface area (Å²) < 4.78 is 0.709. The molecular formula is C24H39I. The number of hydrogen-bond donors (Lipinski definition) is 0. The molecule has 0 aromatic heterocycles. The van der Waals surface area contributed by atoms with E-state index in [4.69, 9.17) is 0 Å². The van der Waals surface area contributed by atoms with Crippen LogP contribution in [0.1, 0.15) is 102 Å². The first-order chi connectivity index (χ1) is 11.8. The van der Waals surface area contributed by atoms with Gasteiger partial charge < -0.3 is 0 Å². The summed E-state index contributed by atoms with van der Waals surface area (Å²) in [6, 6.07) is 7.21. The van der Waals surface area contributed by atoms with E-state index < -0.39 is 0 Å². The molecular weight excluding hydrogens is 415 g/mol. The summed E-state index contributed by atoms with van der Waals surface area (Å²) >= 11 is 2.68. The summed E-state index contributed by atoms with van der Waals surface area (Å²) in [7, 11) is 0. The van der Waals surface area contributed by atoms with Crippen LogP contribution in [0.3, 0.4) is 0 Å². The highest BCUT2D eigenvalue weighted by molar-refractivity contribution is 14.1. The second-order valence-electron chi connectivity index (χ2n) is 9.59. The maximum atomic E-state index is 2.68. The van der Waals surface area contributed by atoms with E-state index in [1.165, 1.54) is 82.6 Å². The summed E-state index contributed by atoms with van der Waals surface area (Å²) in [5, 5.41) is 0. The Balaban J connectivity index is 1.66. The Morgan fingerprint density at radius 1 is 0.920 bits per heavy atom. The lowest BCUT2D eigenvalue weighted by atomic mass is 9.89. The first-order valence-electron chi connectivity index (χ1n) is 10.5. The molecule has 0 bridgehead atoms. The molecule has 1 fully saturated rings. The van der Waals surface area contributed by atoms with Crippen molar-refractivity contribution >= 4 is 22.6 Å². The Morgan fingerprint density at radius 2 is 1.60 bits per heavy atom. The number of benzene rings is 1. The molecule has 1 aromatic rings. The molecule has 0 unspecified atom stereocenters. The van der Waals surface area contributed by atoms with Crippen molar-refractivity contribution < 1.29 is 0 Å². The van der Waals surface area contributed by atoms with Crippen LogP contribution in [0.4, 0.5) is 0 Å². The van der Waals surface area contributed by atoms with Gasteiger partial charge in [0, 0.05) is 3.42 Å². The van der Waals surface area contributed by atoms with Gasteiger partial charge in [0.2, 0.25) is 0 Å². The Labute approximate surface area is 170 Å². The summed E-state index contributed by atoms with van der Waals surface area (Å²) in [5.41, 5.74) is 5.14. The Kier molecular flexibility index (Phi) is 8.30. The van der Waals surface area contributed by atoms with Gasteiger partial charge in [0.05, 0.1) is 0 Å². The van der Waals surface area contributed by atoms with Crippen LogP contribution in [0.5, 0.6) is 0 Å². The average molecular weight is 454 g/mol. The van der Waals surface area contributed by atoms with Crippen molar-refractivity contribution in [1.29, 1.82) is 0 Å². The third-order valence-corrected chi connectivity index (χ3v) is 7.29. The molecule has 2 rings (SSSR count). The Morgan fingerprint density at radius 3 is 2.28 bits per heavy atom. The molecule has 1 aromatic carbocycles. The molecule has 142 valence electrons. The van der Waals surface area contributed by atoms with Crippen molar-refractivity contribution in [2.24, 2.45) is 5.41 Å². The van der Waals surface area contributed by atoms with Gasteiger partial charge in [-0.2, -0.15) is 0 Å². The van der Waals surface area contributed by atoms with Gasteiger partial charge in [-0.25, -0.2) is 0 Å².